The number of likely N-dealkylation sites (tertiary alicyclic amines) is 1. The molecule has 22 heteroatoms. The molecule has 0 radical (unpaired) electrons. The molecule has 14 N–H and O–H groups in total. The van der Waals surface area contributed by atoms with E-state index in [1.807, 2.05) is 44.2 Å². The van der Waals surface area contributed by atoms with Crippen molar-refractivity contribution < 1.29 is 48.3 Å². The number of benzene rings is 1. The van der Waals surface area contributed by atoms with Gasteiger partial charge in [-0.2, -0.15) is 0 Å². The second-order valence-electron chi connectivity index (χ2n) is 17.8. The molecule has 8 amide bonds. The van der Waals surface area contributed by atoms with Gasteiger partial charge in [0.25, 0.3) is 0 Å². The Kier molecular flexibility index (Phi) is 25.0. The highest BCUT2D eigenvalue weighted by atomic mass is 16.4. The average molecular weight is 957 g/mol. The minimum Gasteiger partial charge on any atom is -0.480 e. The summed E-state index contributed by atoms with van der Waals surface area (Å²) < 4.78 is 0. The highest BCUT2D eigenvalue weighted by molar-refractivity contribution is 5.98. The lowest BCUT2D eigenvalue weighted by molar-refractivity contribution is -0.142. The van der Waals surface area contributed by atoms with Gasteiger partial charge >= 0.3 is 5.97 Å². The zero-order valence-corrected chi connectivity index (χ0v) is 40.6. The van der Waals surface area contributed by atoms with Crippen LogP contribution >= 0.6 is 0 Å². The molecule has 0 aromatic heterocycles. The van der Waals surface area contributed by atoms with Crippen LogP contribution in [0.2, 0.25) is 0 Å². The van der Waals surface area contributed by atoms with Gasteiger partial charge < -0.3 is 64.4 Å². The molecule has 0 saturated carbocycles. The van der Waals surface area contributed by atoms with Gasteiger partial charge in [-0.25, -0.2) is 4.79 Å². The zero-order chi connectivity index (χ0) is 51.1. The number of hydrogen-bond donors (Lipinski definition) is 11. The number of guanidine groups is 1. The predicted octanol–water partition coefficient (Wildman–Crippen LogP) is -0.967. The SMILES string of the molecule is CC[C@@H](C)[C@@H](NC(=O)[C@H](C)NC(=O)[C@H](CC(C)C)NC(=O)[C@@H]1CCCN1C(=O)[C@H](CCCCN)NC(=O)[C@H](Cc1ccccc1)NC(C)=O)C(=O)N[C@@H](C)C(=O)N[C@@H](CCCN=C(N)N)C(=O)O. The Balaban J connectivity index is 2.18. The third kappa shape index (κ3) is 19.9. The van der Waals surface area contributed by atoms with Crippen LogP contribution in [0.1, 0.15) is 112 Å². The Morgan fingerprint density at radius 1 is 0.721 bits per heavy atom. The predicted molar refractivity (Wildman–Crippen MR) is 255 cm³/mol. The summed E-state index contributed by atoms with van der Waals surface area (Å²) in [6, 6.07) is 0.181. The molecule has 0 aliphatic carbocycles. The summed E-state index contributed by atoms with van der Waals surface area (Å²) in [7, 11) is 0. The van der Waals surface area contributed by atoms with Crippen LogP contribution < -0.4 is 54.4 Å². The second kappa shape index (κ2) is 29.4. The van der Waals surface area contributed by atoms with E-state index in [0.717, 1.165) is 5.56 Å². The Morgan fingerprint density at radius 2 is 1.31 bits per heavy atom. The molecule has 2 rings (SSSR count). The van der Waals surface area contributed by atoms with Crippen molar-refractivity contribution in [1.29, 1.82) is 0 Å². The van der Waals surface area contributed by atoms with E-state index in [0.29, 0.717) is 38.6 Å². The standard InChI is InChI=1S/C46H76N12O10/c1-8-27(4)37(43(65)52-28(5)38(60)55-33(45(67)68)19-14-22-50-46(48)49)57-39(61)29(6)51-40(62)34(24-26(2)3)56-42(64)36-20-15-23-58(36)44(66)32(18-12-13-21-47)54-41(63)35(53-30(7)59)25-31-16-10-9-11-17-31/h9-11,16-17,26-29,32-37H,8,12-15,18-25,47H2,1-7H3,(H,51,62)(H,52,65)(H,53,59)(H,54,63)(H,55,60)(H,56,64)(H,57,61)(H,67,68)(H4,48,49,50)/t27-,28+,29+,32+,33+,34+,35+,36+,37-/m1/s1. The van der Waals surface area contributed by atoms with E-state index in [4.69, 9.17) is 17.2 Å². The molecule has 9 atom stereocenters. The first-order chi connectivity index (χ1) is 32.1. The third-order valence-electron chi connectivity index (χ3n) is 11.6. The van der Waals surface area contributed by atoms with Crippen LogP contribution in [0, 0.1) is 11.8 Å². The lowest BCUT2D eigenvalue weighted by atomic mass is 9.97. The molecule has 1 saturated heterocycles. The highest BCUT2D eigenvalue weighted by Gasteiger charge is 2.40. The zero-order valence-electron chi connectivity index (χ0n) is 40.6. The Morgan fingerprint density at radius 3 is 1.88 bits per heavy atom. The monoisotopic (exact) mass is 957 g/mol. The van der Waals surface area contributed by atoms with Crippen LogP contribution in [0.15, 0.2) is 35.3 Å². The van der Waals surface area contributed by atoms with Crippen LogP contribution in [0.3, 0.4) is 0 Å². The number of nitrogens with one attached hydrogen (secondary N) is 7. The van der Waals surface area contributed by atoms with Crippen molar-refractivity contribution in [2.75, 3.05) is 19.6 Å². The summed E-state index contributed by atoms with van der Waals surface area (Å²) in [4.78, 5) is 125. The van der Waals surface area contributed by atoms with Crippen molar-refractivity contribution in [2.24, 2.45) is 34.0 Å². The number of amides is 8. The van der Waals surface area contributed by atoms with E-state index < -0.39 is 107 Å². The van der Waals surface area contributed by atoms with E-state index in [-0.39, 0.29) is 57.1 Å². The summed E-state index contributed by atoms with van der Waals surface area (Å²) in [5.41, 5.74) is 17.2. The van der Waals surface area contributed by atoms with Gasteiger partial charge in [-0.05, 0) is 89.2 Å². The number of carbonyl (C=O) groups excluding carboxylic acids is 8. The average Bonchev–Trinajstić information content (AvgIpc) is 3.78. The molecule has 1 aliphatic rings. The van der Waals surface area contributed by atoms with E-state index in [2.05, 4.69) is 42.2 Å². The Bertz CT molecular complexity index is 1900. The van der Waals surface area contributed by atoms with Gasteiger partial charge in [0.05, 0.1) is 0 Å². The van der Waals surface area contributed by atoms with Crippen molar-refractivity contribution >= 4 is 59.2 Å². The van der Waals surface area contributed by atoms with E-state index in [9.17, 15) is 48.3 Å². The summed E-state index contributed by atoms with van der Waals surface area (Å²) in [6.45, 7) is 12.0. The summed E-state index contributed by atoms with van der Waals surface area (Å²) in [5.74, 6) is -6.93. The quantitative estimate of drug-likeness (QED) is 0.0262. The second-order valence-corrected chi connectivity index (χ2v) is 17.8. The maximum absolute atomic E-state index is 14.2. The van der Waals surface area contributed by atoms with Crippen molar-refractivity contribution in [3.8, 4) is 0 Å². The lowest BCUT2D eigenvalue weighted by Crippen LogP contribution is -2.60. The lowest BCUT2D eigenvalue weighted by Gasteiger charge is -2.31. The minimum absolute atomic E-state index is 0.0188. The van der Waals surface area contributed by atoms with Crippen LogP contribution in [0.5, 0.6) is 0 Å². The molecular weight excluding hydrogens is 881 g/mol. The van der Waals surface area contributed by atoms with Crippen molar-refractivity contribution in [1.82, 2.24) is 42.1 Å². The molecule has 0 unspecified atom stereocenters. The van der Waals surface area contributed by atoms with Crippen LogP contribution in [-0.4, -0.2) is 137 Å². The van der Waals surface area contributed by atoms with Gasteiger partial charge in [0.1, 0.15) is 48.3 Å². The maximum atomic E-state index is 14.2. The fourth-order valence-electron chi connectivity index (χ4n) is 7.59. The van der Waals surface area contributed by atoms with Crippen LogP contribution in [0.4, 0.5) is 0 Å². The largest absolute Gasteiger partial charge is 0.480 e. The number of carboxylic acids is 1. The van der Waals surface area contributed by atoms with Gasteiger partial charge in [-0.1, -0.05) is 64.4 Å². The molecule has 22 nitrogen and oxygen atoms in total. The number of hydrogen-bond acceptors (Lipinski definition) is 11. The first kappa shape index (κ1) is 57.8. The Hall–Kier alpha value is -6.32. The molecule has 380 valence electrons. The van der Waals surface area contributed by atoms with E-state index in [1.165, 1.54) is 25.7 Å². The van der Waals surface area contributed by atoms with Crippen LogP contribution in [0.25, 0.3) is 0 Å². The molecule has 1 aromatic carbocycles. The minimum atomic E-state index is -1.29. The van der Waals surface area contributed by atoms with Crippen molar-refractivity contribution in [3.05, 3.63) is 35.9 Å². The van der Waals surface area contributed by atoms with E-state index >= 15 is 0 Å². The number of rotatable bonds is 29. The van der Waals surface area contributed by atoms with Gasteiger partial charge in [0, 0.05) is 26.4 Å². The van der Waals surface area contributed by atoms with E-state index in [1.54, 1.807) is 13.8 Å². The first-order valence-electron chi connectivity index (χ1n) is 23.5. The smallest absolute Gasteiger partial charge is 0.326 e. The van der Waals surface area contributed by atoms with Crippen LogP contribution in [-0.2, 0) is 49.6 Å². The number of aliphatic imine (C=N–C) groups is 1. The van der Waals surface area contributed by atoms with Crippen molar-refractivity contribution in [3.63, 3.8) is 0 Å². The molecule has 1 aliphatic heterocycles. The third-order valence-corrected chi connectivity index (χ3v) is 11.6. The van der Waals surface area contributed by atoms with Gasteiger partial charge in [0.15, 0.2) is 5.96 Å². The normalized spacial score (nSPS) is 16.8. The summed E-state index contributed by atoms with van der Waals surface area (Å²) in [6.07, 6.45) is 3.15. The molecular formula is C46H76N12O10. The molecule has 68 heavy (non-hydrogen) atoms. The maximum Gasteiger partial charge on any atom is 0.326 e. The number of aliphatic carboxylic acids is 1. The number of nitrogens with zero attached hydrogens (tertiary/aromatic N) is 2. The first-order valence-corrected chi connectivity index (χ1v) is 23.5. The fraction of sp³-hybridized carbons (Fsp3) is 0.652. The molecule has 1 heterocycles. The Labute approximate surface area is 399 Å². The number of carbonyl (C=O) groups is 9. The van der Waals surface area contributed by atoms with Gasteiger partial charge in [-0.15, -0.1) is 0 Å². The molecule has 1 fully saturated rings. The number of nitrogens with two attached hydrogens (primary N) is 3. The number of carboxylic acid groups (broad SMARTS) is 1. The van der Waals surface area contributed by atoms with Gasteiger partial charge in [0.2, 0.25) is 47.3 Å². The number of unbranched alkanes of at least 4 members (excludes halogenated alkanes) is 1. The molecule has 0 spiro atoms. The van der Waals surface area contributed by atoms with Crippen molar-refractivity contribution in [2.45, 2.75) is 161 Å². The fourth-order valence-corrected chi connectivity index (χ4v) is 7.59. The molecule has 0 bridgehead atoms. The molecule has 1 aromatic rings. The van der Waals surface area contributed by atoms with Gasteiger partial charge in [-0.3, -0.25) is 43.3 Å². The summed E-state index contributed by atoms with van der Waals surface area (Å²) in [5, 5.41) is 28.1. The highest BCUT2D eigenvalue weighted by Crippen LogP contribution is 2.21. The topological polar surface area (TPSA) is 352 Å². The summed E-state index contributed by atoms with van der Waals surface area (Å²) >= 11 is 0.